The van der Waals surface area contributed by atoms with Crippen molar-refractivity contribution < 1.29 is 4.79 Å². The molecule has 118 valence electrons. The molecule has 0 aliphatic carbocycles. The van der Waals surface area contributed by atoms with E-state index in [9.17, 15) is 4.79 Å². The lowest BCUT2D eigenvalue weighted by atomic mass is 10.00. The van der Waals surface area contributed by atoms with Gasteiger partial charge in [-0.15, -0.1) is 24.2 Å². The van der Waals surface area contributed by atoms with Crippen LogP contribution in [0.15, 0.2) is 29.2 Å². The number of amides is 1. The lowest BCUT2D eigenvalue weighted by Gasteiger charge is -2.23. The van der Waals surface area contributed by atoms with Crippen molar-refractivity contribution in [2.24, 2.45) is 5.92 Å². The van der Waals surface area contributed by atoms with E-state index >= 15 is 0 Å². The first-order valence-corrected chi connectivity index (χ1v) is 8.31. The molecule has 1 heterocycles. The van der Waals surface area contributed by atoms with Crippen molar-refractivity contribution in [1.82, 2.24) is 10.6 Å². The van der Waals surface area contributed by atoms with Crippen LogP contribution in [0, 0.1) is 5.92 Å². The number of hydrogen-bond acceptors (Lipinski definition) is 3. The zero-order chi connectivity index (χ0) is 14.4. The third-order valence-electron chi connectivity index (χ3n) is 3.46. The second-order valence-electron chi connectivity index (χ2n) is 5.17. The minimum Gasteiger partial charge on any atom is -0.355 e. The van der Waals surface area contributed by atoms with Gasteiger partial charge in [-0.2, -0.15) is 0 Å². The summed E-state index contributed by atoms with van der Waals surface area (Å²) >= 11 is 7.41. The van der Waals surface area contributed by atoms with E-state index in [2.05, 4.69) is 10.6 Å². The molecule has 3 nitrogen and oxygen atoms in total. The Labute approximate surface area is 142 Å². The first kappa shape index (κ1) is 18.6. The number of halogens is 2. The Morgan fingerprint density at radius 2 is 2.19 bits per heavy atom. The van der Waals surface area contributed by atoms with Gasteiger partial charge in [0.2, 0.25) is 5.91 Å². The van der Waals surface area contributed by atoms with E-state index < -0.39 is 0 Å². The molecule has 1 saturated heterocycles. The van der Waals surface area contributed by atoms with Crippen LogP contribution < -0.4 is 10.6 Å². The maximum absolute atomic E-state index is 12.1. The number of piperidine rings is 1. The first-order chi connectivity index (χ1) is 9.65. The molecule has 1 aromatic carbocycles. The van der Waals surface area contributed by atoms with E-state index in [0.717, 1.165) is 29.6 Å². The Morgan fingerprint density at radius 1 is 1.48 bits per heavy atom. The van der Waals surface area contributed by atoms with Crippen molar-refractivity contribution in [1.29, 1.82) is 0 Å². The van der Waals surface area contributed by atoms with Gasteiger partial charge in [-0.25, -0.2) is 0 Å². The Morgan fingerprint density at radius 3 is 2.81 bits per heavy atom. The number of rotatable bonds is 5. The highest BCUT2D eigenvalue weighted by Crippen LogP contribution is 2.24. The first-order valence-electron chi connectivity index (χ1n) is 7.06. The van der Waals surface area contributed by atoms with Gasteiger partial charge in [0.25, 0.3) is 0 Å². The molecule has 1 aromatic rings. The van der Waals surface area contributed by atoms with Crippen LogP contribution in [0.25, 0.3) is 0 Å². The Kier molecular flexibility index (Phi) is 8.49. The fraction of sp³-hybridized carbons (Fsp3) is 0.533. The average molecular weight is 349 g/mol. The molecule has 2 N–H and O–H groups in total. The molecule has 0 saturated carbocycles. The monoisotopic (exact) mass is 348 g/mol. The van der Waals surface area contributed by atoms with Gasteiger partial charge in [-0.05, 0) is 63.0 Å². The number of benzene rings is 1. The molecule has 2 atom stereocenters. The Bertz CT molecular complexity index is 436. The van der Waals surface area contributed by atoms with Gasteiger partial charge in [0.15, 0.2) is 0 Å². The summed E-state index contributed by atoms with van der Waals surface area (Å²) in [6.07, 6.45) is 2.40. The van der Waals surface area contributed by atoms with Crippen LogP contribution in [0.3, 0.4) is 0 Å². The zero-order valence-corrected chi connectivity index (χ0v) is 14.5. The molecule has 0 radical (unpaired) electrons. The SMILES string of the molecule is CC(Sc1ccc(Cl)cc1)C(=O)NCC1CCCNC1.Cl. The molecule has 1 fully saturated rings. The summed E-state index contributed by atoms with van der Waals surface area (Å²) in [5, 5.41) is 7.05. The topological polar surface area (TPSA) is 41.1 Å². The number of carbonyl (C=O) groups excluding carboxylic acids is 1. The molecule has 6 heteroatoms. The Balaban J connectivity index is 0.00000220. The summed E-state index contributed by atoms with van der Waals surface area (Å²) in [7, 11) is 0. The van der Waals surface area contributed by atoms with Gasteiger partial charge in [-0.3, -0.25) is 4.79 Å². The second kappa shape index (κ2) is 9.57. The predicted octanol–water partition coefficient (Wildman–Crippen LogP) is 3.36. The van der Waals surface area contributed by atoms with E-state index in [4.69, 9.17) is 11.6 Å². The highest BCUT2D eigenvalue weighted by Gasteiger charge is 2.17. The van der Waals surface area contributed by atoms with Gasteiger partial charge in [0, 0.05) is 16.5 Å². The molecule has 2 rings (SSSR count). The molecule has 2 unspecified atom stereocenters. The largest absolute Gasteiger partial charge is 0.355 e. The van der Waals surface area contributed by atoms with E-state index in [1.165, 1.54) is 12.8 Å². The van der Waals surface area contributed by atoms with Gasteiger partial charge in [0.1, 0.15) is 0 Å². The molecule has 1 aliphatic rings. The van der Waals surface area contributed by atoms with Gasteiger partial charge in [-0.1, -0.05) is 11.6 Å². The smallest absolute Gasteiger partial charge is 0.233 e. The quantitative estimate of drug-likeness (QED) is 0.801. The van der Waals surface area contributed by atoms with Gasteiger partial charge >= 0.3 is 0 Å². The van der Waals surface area contributed by atoms with Crippen LogP contribution in [0.5, 0.6) is 0 Å². The van der Waals surface area contributed by atoms with E-state index in [1.807, 2.05) is 31.2 Å². The summed E-state index contributed by atoms with van der Waals surface area (Å²) < 4.78 is 0. The lowest BCUT2D eigenvalue weighted by Crippen LogP contribution is -2.40. The van der Waals surface area contributed by atoms with Gasteiger partial charge in [0.05, 0.1) is 5.25 Å². The van der Waals surface area contributed by atoms with Crippen LogP contribution in [0.2, 0.25) is 5.02 Å². The summed E-state index contributed by atoms with van der Waals surface area (Å²) in [6.45, 7) is 4.83. The van der Waals surface area contributed by atoms with Crippen LogP contribution in [-0.2, 0) is 4.79 Å². The predicted molar refractivity (Wildman–Crippen MR) is 92.6 cm³/mol. The van der Waals surface area contributed by atoms with Crippen LogP contribution >= 0.6 is 35.8 Å². The number of carbonyl (C=O) groups is 1. The van der Waals surface area contributed by atoms with Crippen molar-refractivity contribution in [3.8, 4) is 0 Å². The maximum atomic E-state index is 12.1. The summed E-state index contributed by atoms with van der Waals surface area (Å²) in [6, 6.07) is 7.59. The summed E-state index contributed by atoms with van der Waals surface area (Å²) in [5.74, 6) is 0.677. The number of hydrogen-bond donors (Lipinski definition) is 2. The molecule has 1 aliphatic heterocycles. The highest BCUT2D eigenvalue weighted by atomic mass is 35.5. The molecular weight excluding hydrogens is 327 g/mol. The van der Waals surface area contributed by atoms with Crippen LogP contribution in [0.4, 0.5) is 0 Å². The lowest BCUT2D eigenvalue weighted by molar-refractivity contribution is -0.120. The van der Waals surface area contributed by atoms with E-state index in [1.54, 1.807) is 11.8 Å². The minimum atomic E-state index is -0.0901. The molecule has 0 bridgehead atoms. The number of thioether (sulfide) groups is 1. The summed E-state index contributed by atoms with van der Waals surface area (Å²) in [5.41, 5.74) is 0. The highest BCUT2D eigenvalue weighted by molar-refractivity contribution is 8.00. The normalized spacial score (nSPS) is 19.4. The number of nitrogens with one attached hydrogen (secondary N) is 2. The zero-order valence-electron chi connectivity index (χ0n) is 12.1. The maximum Gasteiger partial charge on any atom is 0.233 e. The van der Waals surface area contributed by atoms with Crippen molar-refractivity contribution >= 4 is 41.7 Å². The van der Waals surface area contributed by atoms with Crippen molar-refractivity contribution in [2.75, 3.05) is 19.6 Å². The Hall–Kier alpha value is -0.420. The third-order valence-corrected chi connectivity index (χ3v) is 4.82. The van der Waals surface area contributed by atoms with Crippen molar-refractivity contribution in [3.63, 3.8) is 0 Å². The van der Waals surface area contributed by atoms with E-state index in [-0.39, 0.29) is 23.6 Å². The fourth-order valence-electron chi connectivity index (χ4n) is 2.26. The van der Waals surface area contributed by atoms with Gasteiger partial charge < -0.3 is 10.6 Å². The minimum absolute atomic E-state index is 0. The molecule has 21 heavy (non-hydrogen) atoms. The van der Waals surface area contributed by atoms with E-state index in [0.29, 0.717) is 5.92 Å². The van der Waals surface area contributed by atoms with Crippen molar-refractivity contribution in [3.05, 3.63) is 29.3 Å². The average Bonchev–Trinajstić information content (AvgIpc) is 2.48. The van der Waals surface area contributed by atoms with Crippen LogP contribution in [-0.4, -0.2) is 30.8 Å². The third kappa shape index (κ3) is 6.47. The summed E-state index contributed by atoms with van der Waals surface area (Å²) in [4.78, 5) is 13.1. The second-order valence-corrected chi connectivity index (χ2v) is 7.02. The van der Waals surface area contributed by atoms with Crippen LogP contribution in [0.1, 0.15) is 19.8 Å². The molecule has 0 spiro atoms. The van der Waals surface area contributed by atoms with Crippen molar-refractivity contribution in [2.45, 2.75) is 29.9 Å². The molecule has 0 aromatic heterocycles. The standard InChI is InChI=1S/C15H21ClN2OS.ClH/c1-11(20-14-6-4-13(16)5-7-14)15(19)18-10-12-3-2-8-17-9-12;/h4-7,11-12,17H,2-3,8-10H2,1H3,(H,18,19);1H. The molecule has 1 amide bonds. The molecular formula is C15H22Cl2N2OS. The fourth-order valence-corrected chi connectivity index (χ4v) is 3.28.